The fraction of sp³-hybridized carbons (Fsp3) is 0.250. The van der Waals surface area contributed by atoms with Gasteiger partial charge in [0, 0.05) is 0 Å². The van der Waals surface area contributed by atoms with Gasteiger partial charge in [-0.05, 0) is 12.1 Å². The monoisotopic (exact) mass is 582 g/mol. The summed E-state index contributed by atoms with van der Waals surface area (Å²) in [4.78, 5) is 0. The van der Waals surface area contributed by atoms with Crippen molar-refractivity contribution in [3.8, 4) is 5.69 Å². The van der Waals surface area contributed by atoms with E-state index in [2.05, 4.69) is 52.9 Å². The maximum Gasteiger partial charge on any atom is 0.485 e. The molecule has 17 heteroatoms. The fourth-order valence-electron chi connectivity index (χ4n) is 1.62. The molecule has 8 nitrogen and oxygen atoms in total. The van der Waals surface area contributed by atoms with Crippen LogP contribution in [0.4, 0.5) is 26.3 Å². The third-order valence-corrected chi connectivity index (χ3v) is 6.79. The molecule has 3 rings (SSSR count). The van der Waals surface area contributed by atoms with E-state index < -0.39 is 31.3 Å². The average molecular weight is 582 g/mol. The quantitative estimate of drug-likeness (QED) is 0.0980. The Morgan fingerprint density at radius 1 is 0.897 bits per heavy atom. The zero-order valence-electron chi connectivity index (χ0n) is 13.8. The largest absolute Gasteiger partial charge is 0.741 e. The molecule has 1 aromatic heterocycles. The van der Waals surface area contributed by atoms with Gasteiger partial charge in [0.1, 0.15) is 0 Å². The molecule has 0 aliphatic carbocycles. The number of rotatable bonds is 0. The van der Waals surface area contributed by atoms with Crippen molar-refractivity contribution in [3.05, 3.63) is 43.8 Å². The van der Waals surface area contributed by atoms with Crippen molar-refractivity contribution in [2.24, 2.45) is 7.05 Å². The first-order valence-electron chi connectivity index (χ1n) is 6.72. The third-order valence-electron chi connectivity index (χ3n) is 2.79. The summed E-state index contributed by atoms with van der Waals surface area (Å²) in [5.74, 6) is 0. The molecule has 0 saturated carbocycles. The van der Waals surface area contributed by atoms with Crippen LogP contribution in [-0.4, -0.2) is 41.6 Å². The van der Waals surface area contributed by atoms with E-state index in [1.54, 1.807) is 0 Å². The highest BCUT2D eigenvalue weighted by atomic mass is 127. The number of aromatic nitrogens is 2. The Labute approximate surface area is 170 Å². The SMILES string of the molecule is C[n+]1ccc2n1-c1ccccc1[I+]2.O=S(=O)([O-])C(F)(F)F.O=S(=O)([O-])C(F)(F)F. The van der Waals surface area contributed by atoms with Crippen molar-refractivity contribution in [2.75, 3.05) is 0 Å². The zero-order valence-corrected chi connectivity index (χ0v) is 17.6. The van der Waals surface area contributed by atoms with Crippen LogP contribution in [0.15, 0.2) is 36.5 Å². The van der Waals surface area contributed by atoms with Crippen LogP contribution in [0.3, 0.4) is 0 Å². The maximum absolute atomic E-state index is 10.7. The zero-order chi connectivity index (χ0) is 22.8. The van der Waals surface area contributed by atoms with Gasteiger partial charge in [-0.3, -0.25) is 0 Å². The first-order valence-corrected chi connectivity index (χ1v) is 11.7. The lowest BCUT2D eigenvalue weighted by molar-refractivity contribution is -0.753. The van der Waals surface area contributed by atoms with E-state index in [1.165, 1.54) is 13.0 Å². The summed E-state index contributed by atoms with van der Waals surface area (Å²) in [6.45, 7) is 0. The molecule has 1 aromatic carbocycles. The topological polar surface area (TPSA) is 123 Å². The highest BCUT2D eigenvalue weighted by Gasteiger charge is 2.39. The van der Waals surface area contributed by atoms with Crippen LogP contribution in [-0.2, 0) is 27.3 Å². The fourth-order valence-corrected chi connectivity index (χ4v) is 4.46. The van der Waals surface area contributed by atoms with Gasteiger partial charge in [-0.1, -0.05) is 16.8 Å². The average Bonchev–Trinajstić information content (AvgIpc) is 3.04. The number of fused-ring (bicyclic) bond motifs is 3. The molecule has 29 heavy (non-hydrogen) atoms. The second kappa shape index (κ2) is 8.74. The Balaban J connectivity index is 0.000000233. The van der Waals surface area contributed by atoms with Gasteiger partial charge < -0.3 is 9.11 Å². The van der Waals surface area contributed by atoms with E-state index in [-0.39, 0.29) is 21.2 Å². The van der Waals surface area contributed by atoms with Crippen LogP contribution in [0.1, 0.15) is 0 Å². The molecule has 0 spiro atoms. The summed E-state index contributed by atoms with van der Waals surface area (Å²) in [5, 5.41) is 0. The molecule has 164 valence electrons. The molecule has 0 unspecified atom stereocenters. The summed E-state index contributed by atoms with van der Waals surface area (Å²) in [5.41, 5.74) is -9.92. The molecule has 0 atom stereocenters. The number of aryl methyl sites for hydroxylation is 1. The molecule has 0 saturated heterocycles. The van der Waals surface area contributed by atoms with Crippen molar-refractivity contribution >= 4 is 20.2 Å². The second-order valence-corrected chi connectivity index (χ2v) is 10.4. The normalized spacial score (nSPS) is 13.4. The number of hydrogen-bond acceptors (Lipinski definition) is 6. The van der Waals surface area contributed by atoms with E-state index in [1.807, 2.05) is 0 Å². The number of para-hydroxylation sites is 1. The smallest absolute Gasteiger partial charge is 0.485 e. The van der Waals surface area contributed by atoms with Crippen molar-refractivity contribution in [1.82, 2.24) is 4.68 Å². The molecule has 0 radical (unpaired) electrons. The number of halogens is 7. The first kappa shape index (κ1) is 25.6. The standard InChI is InChI=1S/C10H9IN2.2CHF3O3S/c1-12-7-6-10-11-8-4-2-3-5-9(8)13(10)12;2*2-1(3,4)8(5,6)7/h2-7H,1H3;2*(H,5,6,7)/q+2;;/p-2. The third kappa shape index (κ3) is 6.79. The van der Waals surface area contributed by atoms with Gasteiger partial charge in [0.05, 0.1) is 6.07 Å². The minimum absolute atomic E-state index is 0.0657. The molecular weight excluding hydrogens is 573 g/mol. The van der Waals surface area contributed by atoms with Gasteiger partial charge >= 0.3 is 35.9 Å². The maximum atomic E-state index is 10.7. The predicted octanol–water partition coefficient (Wildman–Crippen LogP) is -2.15. The highest BCUT2D eigenvalue weighted by Crippen LogP contribution is 2.21. The molecule has 2 heterocycles. The summed E-state index contributed by atoms with van der Waals surface area (Å²) in [6.07, 6.45) is 2.13. The Morgan fingerprint density at radius 3 is 1.72 bits per heavy atom. The van der Waals surface area contributed by atoms with Crippen LogP contribution < -0.4 is 25.9 Å². The van der Waals surface area contributed by atoms with Crippen molar-refractivity contribution < 1.29 is 78.2 Å². The molecule has 0 fully saturated rings. The minimum Gasteiger partial charge on any atom is -0.741 e. The second-order valence-electron chi connectivity index (χ2n) is 4.87. The molecule has 2 aromatic rings. The highest BCUT2D eigenvalue weighted by molar-refractivity contribution is 7.86. The van der Waals surface area contributed by atoms with Gasteiger partial charge in [0.25, 0.3) is 0 Å². The number of alkyl halides is 6. The van der Waals surface area contributed by atoms with E-state index in [4.69, 9.17) is 25.9 Å². The van der Waals surface area contributed by atoms with Crippen LogP contribution >= 0.6 is 0 Å². The summed E-state index contributed by atoms with van der Waals surface area (Å²) >= 11 is 0.0657. The number of benzene rings is 1. The molecule has 0 bridgehead atoms. The minimum atomic E-state index is -6.09. The Bertz CT molecular complexity index is 1040. The first-order chi connectivity index (χ1) is 12.9. The molecule has 0 amide bonds. The lowest BCUT2D eigenvalue weighted by atomic mass is 10.3. The Morgan fingerprint density at radius 2 is 1.31 bits per heavy atom. The van der Waals surface area contributed by atoms with Crippen molar-refractivity contribution in [1.29, 1.82) is 0 Å². The molecule has 1 aliphatic heterocycles. The van der Waals surface area contributed by atoms with E-state index in [0.717, 1.165) is 0 Å². The Hall–Kier alpha value is -1.44. The van der Waals surface area contributed by atoms with E-state index in [0.29, 0.717) is 0 Å². The number of hydrogen-bond donors (Lipinski definition) is 0. The molecule has 0 N–H and O–H groups in total. The van der Waals surface area contributed by atoms with Gasteiger partial charge in [-0.2, -0.15) is 26.3 Å². The van der Waals surface area contributed by atoms with Crippen LogP contribution in [0, 0.1) is 7.27 Å². The lowest BCUT2D eigenvalue weighted by Gasteiger charge is -2.08. The van der Waals surface area contributed by atoms with Crippen LogP contribution in [0.2, 0.25) is 0 Å². The lowest BCUT2D eigenvalue weighted by Crippen LogP contribution is -3.61. The van der Waals surface area contributed by atoms with Gasteiger partial charge in [-0.25, -0.2) is 16.8 Å². The Kier molecular flexibility index (Phi) is 7.71. The van der Waals surface area contributed by atoms with E-state index >= 15 is 0 Å². The number of nitrogens with zero attached hydrogens (tertiary/aromatic N) is 2. The van der Waals surface area contributed by atoms with Crippen LogP contribution in [0.25, 0.3) is 5.69 Å². The summed E-state index contributed by atoms with van der Waals surface area (Å²) in [6, 6.07) is 10.9. The van der Waals surface area contributed by atoms with Gasteiger partial charge in [0.2, 0.25) is 9.77 Å². The summed E-state index contributed by atoms with van der Waals surface area (Å²) < 4.78 is 125. The predicted molar refractivity (Wildman–Crippen MR) is 75.8 cm³/mol. The summed E-state index contributed by atoms with van der Waals surface area (Å²) in [7, 11) is -10.1. The van der Waals surface area contributed by atoms with E-state index in [9.17, 15) is 26.3 Å². The van der Waals surface area contributed by atoms with Gasteiger partial charge in [0.15, 0.2) is 33.0 Å². The molecule has 1 aliphatic rings. The van der Waals surface area contributed by atoms with Crippen molar-refractivity contribution in [2.45, 2.75) is 11.0 Å². The van der Waals surface area contributed by atoms with Crippen molar-refractivity contribution in [3.63, 3.8) is 0 Å². The van der Waals surface area contributed by atoms with Gasteiger partial charge in [-0.15, -0.1) is 4.68 Å². The van der Waals surface area contributed by atoms with Crippen LogP contribution in [0.5, 0.6) is 0 Å². The molecular formula is C12H9F6IN2O6S2.